The molecule has 132 valence electrons. The molecular formula is C19H28N2O3. The minimum Gasteiger partial charge on any atom is -0.481 e. The zero-order valence-corrected chi connectivity index (χ0v) is 14.5. The van der Waals surface area contributed by atoms with Gasteiger partial charge in [-0.3, -0.25) is 14.6 Å². The van der Waals surface area contributed by atoms with Gasteiger partial charge in [-0.2, -0.15) is 0 Å². The second-order valence-electron chi connectivity index (χ2n) is 7.09. The Balaban J connectivity index is 1.77. The van der Waals surface area contributed by atoms with Gasteiger partial charge in [-0.15, -0.1) is 0 Å². The van der Waals surface area contributed by atoms with E-state index in [9.17, 15) is 9.90 Å². The van der Waals surface area contributed by atoms with E-state index in [1.807, 2.05) is 6.07 Å². The molecule has 5 nitrogen and oxygen atoms in total. The summed E-state index contributed by atoms with van der Waals surface area (Å²) in [6, 6.07) is 10.5. The van der Waals surface area contributed by atoms with Gasteiger partial charge in [0.25, 0.3) is 0 Å². The zero-order valence-electron chi connectivity index (χ0n) is 14.5. The number of rotatable bonds is 6. The summed E-state index contributed by atoms with van der Waals surface area (Å²) in [7, 11) is 1.70. The standard InChI is InChI=1S/C19H28N2O3/c1-24-13-12-20-11-8-17-19(15-20,18(22)23)9-5-10-21(17)14-16-6-3-2-4-7-16/h2-4,6-7,17H,5,8-15H2,1H3,(H,22,23)/t17-,19+/m1/s1. The van der Waals surface area contributed by atoms with Crippen LogP contribution in [0.2, 0.25) is 0 Å². The van der Waals surface area contributed by atoms with Gasteiger partial charge in [0.2, 0.25) is 0 Å². The van der Waals surface area contributed by atoms with Gasteiger partial charge in [0.15, 0.2) is 0 Å². The van der Waals surface area contributed by atoms with Crippen LogP contribution in [0.3, 0.4) is 0 Å². The van der Waals surface area contributed by atoms with Crippen LogP contribution < -0.4 is 0 Å². The van der Waals surface area contributed by atoms with Crippen LogP contribution >= 0.6 is 0 Å². The highest BCUT2D eigenvalue weighted by atomic mass is 16.5. The summed E-state index contributed by atoms with van der Waals surface area (Å²) in [5.41, 5.74) is 0.624. The van der Waals surface area contributed by atoms with Gasteiger partial charge < -0.3 is 9.84 Å². The van der Waals surface area contributed by atoms with E-state index >= 15 is 0 Å². The van der Waals surface area contributed by atoms with Crippen molar-refractivity contribution in [2.45, 2.75) is 31.8 Å². The SMILES string of the molecule is COCCN1CC[C@H]2N(Cc3ccccc3)CCC[C@]2(C(=O)O)C1. The first kappa shape index (κ1) is 17.4. The maximum Gasteiger partial charge on any atom is 0.312 e. The highest BCUT2D eigenvalue weighted by molar-refractivity contribution is 5.76. The molecule has 1 aromatic carbocycles. The first-order valence-corrected chi connectivity index (χ1v) is 8.88. The molecule has 1 N–H and O–H groups in total. The van der Waals surface area contributed by atoms with Crippen LogP contribution in [0.15, 0.2) is 30.3 Å². The molecule has 2 fully saturated rings. The molecule has 2 heterocycles. The van der Waals surface area contributed by atoms with Gasteiger partial charge in [0.05, 0.1) is 12.0 Å². The molecule has 0 saturated carbocycles. The van der Waals surface area contributed by atoms with Crippen molar-refractivity contribution in [1.29, 1.82) is 0 Å². The average molecular weight is 332 g/mol. The molecule has 0 bridgehead atoms. The van der Waals surface area contributed by atoms with E-state index in [2.05, 4.69) is 34.1 Å². The Morgan fingerprint density at radius 3 is 2.83 bits per heavy atom. The second-order valence-corrected chi connectivity index (χ2v) is 7.09. The largest absolute Gasteiger partial charge is 0.481 e. The molecular weight excluding hydrogens is 304 g/mol. The molecule has 3 rings (SSSR count). The molecule has 2 aliphatic heterocycles. The molecule has 24 heavy (non-hydrogen) atoms. The molecule has 2 atom stereocenters. The monoisotopic (exact) mass is 332 g/mol. The smallest absolute Gasteiger partial charge is 0.312 e. The number of ether oxygens (including phenoxy) is 1. The zero-order chi connectivity index (χ0) is 17.0. The molecule has 0 aromatic heterocycles. The third-order valence-electron chi connectivity index (χ3n) is 5.64. The number of likely N-dealkylation sites (tertiary alicyclic amines) is 2. The number of piperidine rings is 2. The Morgan fingerprint density at radius 1 is 1.33 bits per heavy atom. The van der Waals surface area contributed by atoms with E-state index in [1.165, 1.54) is 5.56 Å². The number of methoxy groups -OCH3 is 1. The summed E-state index contributed by atoms with van der Waals surface area (Å²) in [6.07, 6.45) is 2.65. The van der Waals surface area contributed by atoms with Gasteiger partial charge in [0, 0.05) is 32.8 Å². The van der Waals surface area contributed by atoms with Crippen molar-refractivity contribution in [3.05, 3.63) is 35.9 Å². The minimum atomic E-state index is -0.640. The molecule has 0 spiro atoms. The van der Waals surface area contributed by atoms with Gasteiger partial charge in [-0.25, -0.2) is 0 Å². The fourth-order valence-electron chi connectivity index (χ4n) is 4.43. The van der Waals surface area contributed by atoms with Crippen LogP contribution in [0.1, 0.15) is 24.8 Å². The lowest BCUT2D eigenvalue weighted by molar-refractivity contribution is -0.164. The van der Waals surface area contributed by atoms with Crippen molar-refractivity contribution in [1.82, 2.24) is 9.80 Å². The third-order valence-corrected chi connectivity index (χ3v) is 5.64. The fourth-order valence-corrected chi connectivity index (χ4v) is 4.43. The third kappa shape index (κ3) is 3.48. The quantitative estimate of drug-likeness (QED) is 0.864. The van der Waals surface area contributed by atoms with E-state index in [4.69, 9.17) is 4.74 Å². The fraction of sp³-hybridized carbons (Fsp3) is 0.632. The van der Waals surface area contributed by atoms with E-state index in [0.717, 1.165) is 45.4 Å². The molecule has 5 heteroatoms. The van der Waals surface area contributed by atoms with Crippen LogP contribution in [0.4, 0.5) is 0 Å². The number of fused-ring (bicyclic) bond motifs is 1. The number of carbonyl (C=O) groups is 1. The minimum absolute atomic E-state index is 0.128. The second kappa shape index (κ2) is 7.64. The van der Waals surface area contributed by atoms with Gasteiger partial charge in [0.1, 0.15) is 0 Å². The van der Waals surface area contributed by atoms with Gasteiger partial charge in [-0.05, 0) is 37.9 Å². The molecule has 1 aromatic rings. The average Bonchev–Trinajstić information content (AvgIpc) is 2.60. The highest BCUT2D eigenvalue weighted by Gasteiger charge is 2.53. The van der Waals surface area contributed by atoms with Gasteiger partial charge >= 0.3 is 5.97 Å². The number of hydrogen-bond donors (Lipinski definition) is 1. The van der Waals surface area contributed by atoms with Crippen LogP contribution in [0, 0.1) is 5.41 Å². The molecule has 0 amide bonds. The Morgan fingerprint density at radius 2 is 2.12 bits per heavy atom. The van der Waals surface area contributed by atoms with Crippen molar-refractivity contribution < 1.29 is 14.6 Å². The van der Waals surface area contributed by atoms with Crippen LogP contribution in [-0.2, 0) is 16.1 Å². The van der Waals surface area contributed by atoms with E-state index in [-0.39, 0.29) is 6.04 Å². The molecule has 0 unspecified atom stereocenters. The number of benzene rings is 1. The highest BCUT2D eigenvalue weighted by Crippen LogP contribution is 2.42. The van der Waals surface area contributed by atoms with E-state index in [0.29, 0.717) is 13.2 Å². The van der Waals surface area contributed by atoms with Crippen LogP contribution in [-0.4, -0.2) is 66.8 Å². The van der Waals surface area contributed by atoms with Crippen LogP contribution in [0.5, 0.6) is 0 Å². The number of aliphatic carboxylic acids is 1. The Labute approximate surface area is 144 Å². The van der Waals surface area contributed by atoms with Crippen molar-refractivity contribution in [2.75, 3.05) is 39.9 Å². The Kier molecular flexibility index (Phi) is 5.54. The summed E-state index contributed by atoms with van der Waals surface area (Å²) >= 11 is 0. The number of hydrogen-bond acceptors (Lipinski definition) is 4. The molecule has 2 saturated heterocycles. The van der Waals surface area contributed by atoms with Gasteiger partial charge in [-0.1, -0.05) is 30.3 Å². The van der Waals surface area contributed by atoms with Crippen molar-refractivity contribution in [2.24, 2.45) is 5.41 Å². The lowest BCUT2D eigenvalue weighted by atomic mass is 9.69. The predicted molar refractivity (Wildman–Crippen MR) is 92.9 cm³/mol. The van der Waals surface area contributed by atoms with E-state index in [1.54, 1.807) is 7.11 Å². The summed E-state index contributed by atoms with van der Waals surface area (Å²) in [5.74, 6) is -0.632. The summed E-state index contributed by atoms with van der Waals surface area (Å²) in [5, 5.41) is 10.1. The first-order chi connectivity index (χ1) is 11.7. The molecule has 2 aliphatic rings. The summed E-state index contributed by atoms with van der Waals surface area (Å²) in [4.78, 5) is 16.9. The number of nitrogens with zero attached hydrogens (tertiary/aromatic N) is 2. The lowest BCUT2D eigenvalue weighted by Gasteiger charge is -2.53. The lowest BCUT2D eigenvalue weighted by Crippen LogP contribution is -2.64. The first-order valence-electron chi connectivity index (χ1n) is 8.88. The predicted octanol–water partition coefficient (Wildman–Crippen LogP) is 2.07. The number of carboxylic acids is 1. The maximum absolute atomic E-state index is 12.2. The maximum atomic E-state index is 12.2. The number of carboxylic acid groups (broad SMARTS) is 1. The van der Waals surface area contributed by atoms with E-state index < -0.39 is 11.4 Å². The summed E-state index contributed by atoms with van der Waals surface area (Å²) in [6.45, 7) is 4.91. The Hall–Kier alpha value is -1.43. The van der Waals surface area contributed by atoms with Crippen molar-refractivity contribution in [3.8, 4) is 0 Å². The Bertz CT molecular complexity index is 551. The van der Waals surface area contributed by atoms with Crippen LogP contribution in [0.25, 0.3) is 0 Å². The summed E-state index contributed by atoms with van der Waals surface area (Å²) < 4.78 is 5.17. The van der Waals surface area contributed by atoms with Crippen molar-refractivity contribution in [3.63, 3.8) is 0 Å². The molecule has 0 aliphatic carbocycles. The van der Waals surface area contributed by atoms with Crippen molar-refractivity contribution >= 4 is 5.97 Å². The topological polar surface area (TPSA) is 53.0 Å². The normalized spacial score (nSPS) is 28.5. The molecule has 0 radical (unpaired) electrons.